The predicted octanol–water partition coefficient (Wildman–Crippen LogP) is 2.02. The lowest BCUT2D eigenvalue weighted by molar-refractivity contribution is -0.0211. The fraction of sp³-hybridized carbons (Fsp3) is 0.600. The molecule has 1 aliphatic rings. The minimum Gasteiger partial charge on any atom is -0.379 e. The van der Waals surface area contributed by atoms with E-state index < -0.39 is 0 Å². The average molecular weight is 248 g/mol. The maximum Gasteiger partial charge on any atom is 0.0620 e. The number of rotatable bonds is 3. The van der Waals surface area contributed by atoms with Crippen LogP contribution in [0.25, 0.3) is 0 Å². The highest BCUT2D eigenvalue weighted by Gasteiger charge is 2.28. The molecule has 0 radical (unpaired) electrons. The second kappa shape index (κ2) is 5.83. The van der Waals surface area contributed by atoms with E-state index in [1.54, 1.807) is 0 Å². The van der Waals surface area contributed by atoms with Gasteiger partial charge in [-0.15, -0.1) is 0 Å². The molecular weight excluding hydrogens is 224 g/mol. The number of hydrogen-bond acceptors (Lipinski definition) is 3. The maximum absolute atomic E-state index is 6.05. The zero-order valence-electron chi connectivity index (χ0n) is 11.6. The van der Waals surface area contributed by atoms with Crippen molar-refractivity contribution in [1.82, 2.24) is 4.90 Å². The first-order valence-electron chi connectivity index (χ1n) is 6.74. The van der Waals surface area contributed by atoms with E-state index in [9.17, 15) is 0 Å². The zero-order chi connectivity index (χ0) is 13.1. The summed E-state index contributed by atoms with van der Waals surface area (Å²) in [6.45, 7) is 9.82. The number of morpholine rings is 1. The van der Waals surface area contributed by atoms with E-state index >= 15 is 0 Å². The maximum atomic E-state index is 6.05. The third-order valence-corrected chi connectivity index (χ3v) is 3.92. The first-order chi connectivity index (χ1) is 8.65. The minimum atomic E-state index is 0.310. The molecule has 2 atom stereocenters. The Labute approximate surface area is 110 Å². The summed E-state index contributed by atoms with van der Waals surface area (Å²) in [5, 5.41) is 0. The van der Waals surface area contributed by atoms with Gasteiger partial charge in [-0.05, 0) is 37.5 Å². The molecule has 2 N–H and O–H groups in total. The van der Waals surface area contributed by atoms with Gasteiger partial charge < -0.3 is 10.5 Å². The normalized spacial score (nSPS) is 23.0. The molecule has 1 saturated heterocycles. The Bertz CT molecular complexity index is 385. The van der Waals surface area contributed by atoms with Crippen LogP contribution >= 0.6 is 0 Å². The molecule has 0 bridgehead atoms. The molecule has 1 fully saturated rings. The van der Waals surface area contributed by atoms with Crippen LogP contribution in [0.3, 0.4) is 0 Å². The van der Waals surface area contributed by atoms with Gasteiger partial charge in [-0.1, -0.05) is 18.2 Å². The van der Waals surface area contributed by atoms with Gasteiger partial charge in [-0.3, -0.25) is 4.90 Å². The molecule has 0 aliphatic carbocycles. The van der Waals surface area contributed by atoms with Crippen LogP contribution in [0.1, 0.15) is 29.7 Å². The monoisotopic (exact) mass is 248 g/mol. The van der Waals surface area contributed by atoms with Gasteiger partial charge in [0.1, 0.15) is 0 Å². The van der Waals surface area contributed by atoms with Crippen molar-refractivity contribution in [3.63, 3.8) is 0 Å². The molecule has 3 nitrogen and oxygen atoms in total. The second-order valence-electron chi connectivity index (χ2n) is 5.22. The number of nitrogens with zero attached hydrogens (tertiary/aromatic N) is 1. The van der Waals surface area contributed by atoms with Crippen LogP contribution < -0.4 is 5.73 Å². The SMILES string of the molecule is Cc1cccc(C)c1C(CN)N1CCOCC1C. The van der Waals surface area contributed by atoms with Gasteiger partial charge in [0.25, 0.3) is 0 Å². The lowest BCUT2D eigenvalue weighted by atomic mass is 9.94. The van der Waals surface area contributed by atoms with E-state index in [2.05, 4.69) is 43.9 Å². The highest BCUT2D eigenvalue weighted by Crippen LogP contribution is 2.28. The van der Waals surface area contributed by atoms with Crippen molar-refractivity contribution in [2.24, 2.45) is 5.73 Å². The first-order valence-corrected chi connectivity index (χ1v) is 6.74. The number of nitrogens with two attached hydrogens (primary N) is 1. The molecule has 0 saturated carbocycles. The van der Waals surface area contributed by atoms with E-state index in [4.69, 9.17) is 10.5 Å². The smallest absolute Gasteiger partial charge is 0.0620 e. The molecule has 18 heavy (non-hydrogen) atoms. The Balaban J connectivity index is 2.32. The van der Waals surface area contributed by atoms with Crippen LogP contribution in [0.4, 0.5) is 0 Å². The molecule has 2 rings (SSSR count). The molecule has 0 amide bonds. The predicted molar refractivity (Wildman–Crippen MR) is 74.7 cm³/mol. The van der Waals surface area contributed by atoms with Crippen molar-refractivity contribution >= 4 is 0 Å². The van der Waals surface area contributed by atoms with E-state index in [0.29, 0.717) is 18.6 Å². The van der Waals surface area contributed by atoms with Crippen LogP contribution in [0.5, 0.6) is 0 Å². The lowest BCUT2D eigenvalue weighted by Gasteiger charge is -2.40. The largest absolute Gasteiger partial charge is 0.379 e. The molecular formula is C15H24N2O. The highest BCUT2D eigenvalue weighted by atomic mass is 16.5. The number of benzene rings is 1. The second-order valence-corrected chi connectivity index (χ2v) is 5.22. The van der Waals surface area contributed by atoms with E-state index in [-0.39, 0.29) is 0 Å². The van der Waals surface area contributed by atoms with Crippen LogP contribution in [0.2, 0.25) is 0 Å². The average Bonchev–Trinajstić information content (AvgIpc) is 2.35. The number of hydrogen-bond donors (Lipinski definition) is 1. The fourth-order valence-electron chi connectivity index (χ4n) is 2.98. The molecule has 1 aromatic rings. The molecule has 3 heteroatoms. The standard InChI is InChI=1S/C15H24N2O/c1-11-5-4-6-12(2)15(11)14(9-16)17-7-8-18-10-13(17)3/h4-6,13-14H,7-10,16H2,1-3H3. The van der Waals surface area contributed by atoms with E-state index in [0.717, 1.165) is 19.8 Å². The summed E-state index contributed by atoms with van der Waals surface area (Å²) >= 11 is 0. The molecule has 1 heterocycles. The van der Waals surface area contributed by atoms with Gasteiger partial charge in [-0.2, -0.15) is 0 Å². The molecule has 0 aromatic heterocycles. The Morgan fingerprint density at radius 3 is 2.61 bits per heavy atom. The van der Waals surface area contributed by atoms with Gasteiger partial charge in [0.2, 0.25) is 0 Å². The number of ether oxygens (including phenoxy) is 1. The van der Waals surface area contributed by atoms with Gasteiger partial charge in [-0.25, -0.2) is 0 Å². The summed E-state index contributed by atoms with van der Waals surface area (Å²) in [6.07, 6.45) is 0. The molecule has 2 unspecified atom stereocenters. The zero-order valence-corrected chi connectivity index (χ0v) is 11.6. The topological polar surface area (TPSA) is 38.5 Å². The van der Waals surface area contributed by atoms with Crippen molar-refractivity contribution in [2.45, 2.75) is 32.9 Å². The minimum absolute atomic E-state index is 0.310. The van der Waals surface area contributed by atoms with Gasteiger partial charge in [0.05, 0.1) is 13.2 Å². The Morgan fingerprint density at radius 2 is 2.06 bits per heavy atom. The van der Waals surface area contributed by atoms with Crippen LogP contribution in [-0.2, 0) is 4.74 Å². The van der Waals surface area contributed by atoms with Crippen LogP contribution in [0, 0.1) is 13.8 Å². The van der Waals surface area contributed by atoms with Crippen LogP contribution in [-0.4, -0.2) is 37.2 Å². The van der Waals surface area contributed by atoms with Crippen molar-refractivity contribution in [3.8, 4) is 0 Å². The quantitative estimate of drug-likeness (QED) is 0.889. The Kier molecular flexibility index (Phi) is 4.38. The lowest BCUT2D eigenvalue weighted by Crippen LogP contribution is -2.48. The van der Waals surface area contributed by atoms with Crippen molar-refractivity contribution in [1.29, 1.82) is 0 Å². The van der Waals surface area contributed by atoms with Crippen molar-refractivity contribution < 1.29 is 4.74 Å². The summed E-state index contributed by atoms with van der Waals surface area (Å²) < 4.78 is 5.52. The third kappa shape index (κ3) is 2.58. The molecule has 0 spiro atoms. The summed E-state index contributed by atoms with van der Waals surface area (Å²) in [5.74, 6) is 0. The third-order valence-electron chi connectivity index (χ3n) is 3.92. The number of aryl methyl sites for hydroxylation is 2. The highest BCUT2D eigenvalue weighted by molar-refractivity contribution is 5.36. The summed E-state index contributed by atoms with van der Waals surface area (Å²) in [7, 11) is 0. The summed E-state index contributed by atoms with van der Waals surface area (Å²) in [5.41, 5.74) is 10.1. The summed E-state index contributed by atoms with van der Waals surface area (Å²) in [6, 6.07) is 7.22. The first kappa shape index (κ1) is 13.5. The van der Waals surface area contributed by atoms with E-state index in [1.807, 2.05) is 0 Å². The molecule has 1 aliphatic heterocycles. The Morgan fingerprint density at radius 1 is 1.39 bits per heavy atom. The molecule has 100 valence electrons. The fourth-order valence-corrected chi connectivity index (χ4v) is 2.98. The van der Waals surface area contributed by atoms with Gasteiger partial charge in [0, 0.05) is 25.2 Å². The summed E-state index contributed by atoms with van der Waals surface area (Å²) in [4.78, 5) is 2.48. The Hall–Kier alpha value is -0.900. The van der Waals surface area contributed by atoms with E-state index in [1.165, 1.54) is 16.7 Å². The van der Waals surface area contributed by atoms with Crippen molar-refractivity contribution in [3.05, 3.63) is 34.9 Å². The van der Waals surface area contributed by atoms with Gasteiger partial charge in [0.15, 0.2) is 0 Å². The van der Waals surface area contributed by atoms with Crippen molar-refractivity contribution in [2.75, 3.05) is 26.3 Å². The van der Waals surface area contributed by atoms with Gasteiger partial charge >= 0.3 is 0 Å². The molecule has 1 aromatic carbocycles. The van der Waals surface area contributed by atoms with Crippen LogP contribution in [0.15, 0.2) is 18.2 Å².